The topological polar surface area (TPSA) is 86.6 Å². The molecule has 1 saturated heterocycles. The number of piperidine rings is 1. The van der Waals surface area contributed by atoms with Gasteiger partial charge in [0.15, 0.2) is 0 Å². The van der Waals surface area contributed by atoms with Crippen LogP contribution in [-0.2, 0) is 0 Å². The molecule has 3 aromatic rings. The third kappa shape index (κ3) is 2.20. The van der Waals surface area contributed by atoms with Gasteiger partial charge in [0.25, 0.3) is 0 Å². The molecule has 1 aliphatic carbocycles. The van der Waals surface area contributed by atoms with Gasteiger partial charge in [-0.05, 0) is 13.0 Å². The number of ether oxygens (including phenoxy) is 1. The Kier molecular flexibility index (Phi) is 3.06. The van der Waals surface area contributed by atoms with Crippen molar-refractivity contribution in [3.05, 3.63) is 41.9 Å². The average Bonchev–Trinajstić information content (AvgIpc) is 3.00. The van der Waals surface area contributed by atoms with Gasteiger partial charge in [0.2, 0.25) is 5.88 Å². The van der Waals surface area contributed by atoms with Crippen molar-refractivity contribution in [1.29, 1.82) is 5.26 Å². The fourth-order valence-electron chi connectivity index (χ4n) is 3.90. The summed E-state index contributed by atoms with van der Waals surface area (Å²) in [6.07, 6.45) is 3.88. The lowest BCUT2D eigenvalue weighted by Gasteiger charge is -2.10. The van der Waals surface area contributed by atoms with Crippen LogP contribution in [-0.4, -0.2) is 34.1 Å². The number of hydrogen-bond donors (Lipinski definition) is 2. The van der Waals surface area contributed by atoms with Crippen molar-refractivity contribution in [1.82, 2.24) is 20.3 Å². The van der Waals surface area contributed by atoms with E-state index in [-0.39, 0.29) is 6.10 Å². The molecule has 0 spiro atoms. The Morgan fingerprint density at radius 1 is 1.28 bits per heavy atom. The summed E-state index contributed by atoms with van der Waals surface area (Å²) in [7, 11) is 0. The first-order valence-electron chi connectivity index (χ1n) is 8.48. The minimum atomic E-state index is 0.284. The fraction of sp³-hybridized carbons (Fsp3) is 0.316. The van der Waals surface area contributed by atoms with Gasteiger partial charge in [0, 0.05) is 42.1 Å². The number of nitrogens with one attached hydrogen (secondary N) is 2. The lowest BCUT2D eigenvalue weighted by molar-refractivity contribution is 0.250. The number of para-hydroxylation sites is 1. The molecule has 0 bridgehead atoms. The molecule has 6 nitrogen and oxygen atoms in total. The lowest BCUT2D eigenvalue weighted by Crippen LogP contribution is -2.20. The van der Waals surface area contributed by atoms with E-state index in [2.05, 4.69) is 26.3 Å². The number of nitriles is 1. The van der Waals surface area contributed by atoms with E-state index in [9.17, 15) is 5.26 Å². The number of aryl methyl sites for hydroxylation is 1. The third-order valence-electron chi connectivity index (χ3n) is 5.29. The van der Waals surface area contributed by atoms with Gasteiger partial charge in [-0.25, -0.2) is 9.97 Å². The molecule has 2 fully saturated rings. The second-order valence-electron chi connectivity index (χ2n) is 6.75. The summed E-state index contributed by atoms with van der Waals surface area (Å²) in [6.45, 7) is 4.02. The van der Waals surface area contributed by atoms with E-state index >= 15 is 0 Å². The zero-order valence-corrected chi connectivity index (χ0v) is 13.8. The number of rotatable bonds is 3. The van der Waals surface area contributed by atoms with Crippen molar-refractivity contribution in [2.45, 2.75) is 13.0 Å². The zero-order valence-electron chi connectivity index (χ0n) is 13.8. The van der Waals surface area contributed by atoms with Gasteiger partial charge in [0.1, 0.15) is 12.2 Å². The second-order valence-corrected chi connectivity index (χ2v) is 6.75. The van der Waals surface area contributed by atoms with E-state index in [0.29, 0.717) is 23.3 Å². The van der Waals surface area contributed by atoms with Crippen LogP contribution in [0, 0.1) is 30.1 Å². The van der Waals surface area contributed by atoms with E-state index < -0.39 is 0 Å². The summed E-state index contributed by atoms with van der Waals surface area (Å²) in [5.74, 6) is 1.85. The number of aromatic nitrogens is 3. The standard InChI is InChI=1S/C19H17N5O/c1-10-17(13-8-22-18-11(5-20)3-2-4-12(13)18)23-9-16(24-10)25-19-14-6-21-7-15(14)19/h2-4,8-9,14-15,19,21-22H,6-7H2,1H3. The molecule has 1 aliphatic heterocycles. The van der Waals surface area contributed by atoms with Crippen LogP contribution in [0.25, 0.3) is 22.2 Å². The highest BCUT2D eigenvalue weighted by Gasteiger charge is 2.55. The number of H-pyrrole nitrogens is 1. The van der Waals surface area contributed by atoms with E-state index in [1.54, 1.807) is 12.3 Å². The van der Waals surface area contributed by atoms with Gasteiger partial charge < -0.3 is 15.0 Å². The largest absolute Gasteiger partial charge is 0.473 e. The molecule has 3 heterocycles. The van der Waals surface area contributed by atoms with Crippen LogP contribution in [0.5, 0.6) is 5.88 Å². The van der Waals surface area contributed by atoms with Gasteiger partial charge in [-0.3, -0.25) is 0 Å². The molecule has 5 rings (SSSR count). The van der Waals surface area contributed by atoms with Crippen molar-refractivity contribution in [3.8, 4) is 23.2 Å². The summed E-state index contributed by atoms with van der Waals surface area (Å²) in [5.41, 5.74) is 4.05. The smallest absolute Gasteiger partial charge is 0.232 e. The van der Waals surface area contributed by atoms with Crippen molar-refractivity contribution < 1.29 is 4.74 Å². The molecule has 124 valence electrons. The Labute approximate surface area is 144 Å². The minimum Gasteiger partial charge on any atom is -0.473 e. The number of fused-ring (bicyclic) bond motifs is 2. The van der Waals surface area contributed by atoms with Crippen LogP contribution in [0.1, 0.15) is 11.3 Å². The van der Waals surface area contributed by atoms with Crippen LogP contribution < -0.4 is 10.1 Å². The van der Waals surface area contributed by atoms with Gasteiger partial charge in [-0.1, -0.05) is 12.1 Å². The number of aromatic amines is 1. The predicted molar refractivity (Wildman–Crippen MR) is 93.0 cm³/mol. The van der Waals surface area contributed by atoms with Gasteiger partial charge >= 0.3 is 0 Å². The van der Waals surface area contributed by atoms with E-state index in [4.69, 9.17) is 4.74 Å². The average molecular weight is 331 g/mol. The molecule has 1 saturated carbocycles. The van der Waals surface area contributed by atoms with Gasteiger partial charge in [0.05, 0.1) is 28.7 Å². The SMILES string of the molecule is Cc1nc(OC2C3CNCC32)cnc1-c1c[nH]c2c(C#N)cccc12. The maximum absolute atomic E-state index is 9.25. The molecule has 0 amide bonds. The van der Waals surface area contributed by atoms with Gasteiger partial charge in [-0.15, -0.1) is 0 Å². The quantitative estimate of drug-likeness (QED) is 0.769. The Morgan fingerprint density at radius 3 is 2.88 bits per heavy atom. The highest BCUT2D eigenvalue weighted by Crippen LogP contribution is 2.44. The molecule has 2 unspecified atom stereocenters. The Bertz CT molecular complexity index is 1010. The third-order valence-corrected chi connectivity index (χ3v) is 5.29. The van der Waals surface area contributed by atoms with Crippen molar-refractivity contribution in [3.63, 3.8) is 0 Å². The van der Waals surface area contributed by atoms with Crippen molar-refractivity contribution >= 4 is 10.9 Å². The molecule has 0 radical (unpaired) electrons. The monoisotopic (exact) mass is 331 g/mol. The first kappa shape index (κ1) is 14.4. The summed E-state index contributed by atoms with van der Waals surface area (Å²) < 4.78 is 6.01. The minimum absolute atomic E-state index is 0.284. The highest BCUT2D eigenvalue weighted by atomic mass is 16.5. The summed E-state index contributed by atoms with van der Waals surface area (Å²) >= 11 is 0. The van der Waals surface area contributed by atoms with Gasteiger partial charge in [-0.2, -0.15) is 5.26 Å². The summed E-state index contributed by atoms with van der Waals surface area (Å²) in [4.78, 5) is 12.4. The zero-order chi connectivity index (χ0) is 17.0. The van der Waals surface area contributed by atoms with Crippen molar-refractivity contribution in [2.24, 2.45) is 11.8 Å². The highest BCUT2D eigenvalue weighted by molar-refractivity contribution is 5.97. The molecule has 2 aromatic heterocycles. The van der Waals surface area contributed by atoms with Crippen LogP contribution in [0.3, 0.4) is 0 Å². The maximum atomic E-state index is 9.25. The molecule has 25 heavy (non-hydrogen) atoms. The Morgan fingerprint density at radius 2 is 2.12 bits per heavy atom. The summed E-state index contributed by atoms with van der Waals surface area (Å²) in [6, 6.07) is 7.90. The first-order chi connectivity index (χ1) is 12.3. The molecular weight excluding hydrogens is 314 g/mol. The Hall–Kier alpha value is -2.91. The molecule has 1 aromatic carbocycles. The fourth-order valence-corrected chi connectivity index (χ4v) is 3.90. The predicted octanol–water partition coefficient (Wildman–Crippen LogP) is 2.40. The molecular formula is C19H17N5O. The first-order valence-corrected chi connectivity index (χ1v) is 8.48. The second kappa shape index (κ2) is 5.30. The molecule has 2 N–H and O–H groups in total. The molecule has 6 heteroatoms. The number of hydrogen-bond acceptors (Lipinski definition) is 5. The normalized spacial score (nSPS) is 24.1. The summed E-state index contributed by atoms with van der Waals surface area (Å²) in [5, 5.41) is 13.6. The van der Waals surface area contributed by atoms with Crippen LogP contribution >= 0.6 is 0 Å². The molecule has 2 atom stereocenters. The maximum Gasteiger partial charge on any atom is 0.232 e. The molecule has 2 aliphatic rings. The van der Waals surface area contributed by atoms with Crippen LogP contribution in [0.4, 0.5) is 0 Å². The van der Waals surface area contributed by atoms with E-state index in [1.807, 2.05) is 25.3 Å². The number of benzene rings is 1. The van der Waals surface area contributed by atoms with Crippen LogP contribution in [0.15, 0.2) is 30.6 Å². The van der Waals surface area contributed by atoms with E-state index in [1.165, 1.54) is 0 Å². The lowest BCUT2D eigenvalue weighted by atomic mass is 10.1. The number of nitrogens with zero attached hydrogens (tertiary/aromatic N) is 3. The van der Waals surface area contributed by atoms with E-state index in [0.717, 1.165) is 40.9 Å². The Balaban J connectivity index is 1.48. The van der Waals surface area contributed by atoms with Crippen LogP contribution in [0.2, 0.25) is 0 Å². The van der Waals surface area contributed by atoms with Crippen molar-refractivity contribution in [2.75, 3.05) is 13.1 Å².